The SMILES string of the molecule is CCCc1cc(NC(=O)N2CCN(c3cc(OC)cc(OC)c3)CC2)c(OC)nc1C. The van der Waals surface area contributed by atoms with Crippen molar-refractivity contribution < 1.29 is 19.0 Å². The fourth-order valence-electron chi connectivity index (χ4n) is 3.73. The van der Waals surface area contributed by atoms with Crippen molar-refractivity contribution in [3.05, 3.63) is 35.5 Å². The summed E-state index contributed by atoms with van der Waals surface area (Å²) in [7, 11) is 4.85. The van der Waals surface area contributed by atoms with Crippen LogP contribution in [0, 0.1) is 6.92 Å². The number of hydrogen-bond acceptors (Lipinski definition) is 6. The summed E-state index contributed by atoms with van der Waals surface area (Å²) >= 11 is 0. The summed E-state index contributed by atoms with van der Waals surface area (Å²) in [4.78, 5) is 21.4. The van der Waals surface area contributed by atoms with Gasteiger partial charge in [0.05, 0.1) is 21.3 Å². The quantitative estimate of drug-likeness (QED) is 0.724. The van der Waals surface area contributed by atoms with Gasteiger partial charge in [0.1, 0.15) is 17.2 Å². The molecule has 8 nitrogen and oxygen atoms in total. The van der Waals surface area contributed by atoms with Gasteiger partial charge in [-0.15, -0.1) is 0 Å². The van der Waals surface area contributed by atoms with E-state index in [0.29, 0.717) is 37.7 Å². The highest BCUT2D eigenvalue weighted by Gasteiger charge is 2.23. The minimum atomic E-state index is -0.144. The molecule has 2 aromatic rings. The van der Waals surface area contributed by atoms with Crippen LogP contribution >= 0.6 is 0 Å². The van der Waals surface area contributed by atoms with E-state index in [-0.39, 0.29) is 6.03 Å². The molecule has 0 aliphatic carbocycles. The Bertz CT molecular complexity index is 888. The van der Waals surface area contributed by atoms with Gasteiger partial charge in [-0.3, -0.25) is 0 Å². The second-order valence-electron chi connectivity index (χ2n) is 7.51. The maximum Gasteiger partial charge on any atom is 0.322 e. The van der Waals surface area contributed by atoms with Crippen molar-refractivity contribution in [3.63, 3.8) is 0 Å². The lowest BCUT2D eigenvalue weighted by Crippen LogP contribution is -2.50. The molecule has 0 unspecified atom stereocenters. The molecule has 8 heteroatoms. The predicted octanol–water partition coefficient (Wildman–Crippen LogP) is 3.72. The molecule has 2 amide bonds. The van der Waals surface area contributed by atoms with Gasteiger partial charge in [-0.05, 0) is 25.0 Å². The van der Waals surface area contributed by atoms with Gasteiger partial charge < -0.3 is 29.3 Å². The predicted molar refractivity (Wildman–Crippen MR) is 122 cm³/mol. The number of anilines is 2. The third-order valence-corrected chi connectivity index (χ3v) is 5.51. The molecule has 1 aliphatic rings. The number of ether oxygens (including phenoxy) is 3. The van der Waals surface area contributed by atoms with E-state index < -0.39 is 0 Å². The zero-order valence-corrected chi connectivity index (χ0v) is 19.0. The van der Waals surface area contributed by atoms with E-state index in [4.69, 9.17) is 14.2 Å². The molecule has 0 radical (unpaired) electrons. The van der Waals surface area contributed by atoms with Crippen LogP contribution in [0.3, 0.4) is 0 Å². The number of urea groups is 1. The van der Waals surface area contributed by atoms with Crippen LogP contribution in [0.5, 0.6) is 17.4 Å². The standard InChI is InChI=1S/C23H32N4O4/c1-6-7-17-12-21(22(31-5)24-16(17)2)25-23(28)27-10-8-26(9-11-27)18-13-19(29-3)15-20(14-18)30-4/h12-15H,6-11H2,1-5H3,(H,25,28). The number of aryl methyl sites for hydroxylation is 2. The van der Waals surface area contributed by atoms with E-state index in [9.17, 15) is 4.79 Å². The average Bonchev–Trinajstić information content (AvgIpc) is 2.80. The number of carbonyl (C=O) groups excluding carboxylic acids is 1. The Kier molecular flexibility index (Phi) is 7.44. The molecular formula is C23H32N4O4. The highest BCUT2D eigenvalue weighted by atomic mass is 16.5. The van der Waals surface area contributed by atoms with Gasteiger partial charge >= 0.3 is 6.03 Å². The summed E-state index contributed by atoms with van der Waals surface area (Å²) in [5, 5.41) is 2.99. The van der Waals surface area contributed by atoms with Gasteiger partial charge in [0.25, 0.3) is 0 Å². The second-order valence-corrected chi connectivity index (χ2v) is 7.51. The number of nitrogens with one attached hydrogen (secondary N) is 1. The molecule has 0 spiro atoms. The summed E-state index contributed by atoms with van der Waals surface area (Å²) in [6, 6.07) is 7.64. The van der Waals surface area contributed by atoms with Crippen molar-refractivity contribution in [2.75, 3.05) is 57.7 Å². The highest BCUT2D eigenvalue weighted by molar-refractivity contribution is 5.91. The third-order valence-electron chi connectivity index (χ3n) is 5.51. The van der Waals surface area contributed by atoms with Crippen molar-refractivity contribution in [1.82, 2.24) is 9.88 Å². The lowest BCUT2D eigenvalue weighted by Gasteiger charge is -2.36. The Balaban J connectivity index is 1.67. The van der Waals surface area contributed by atoms with Crippen LogP contribution in [-0.2, 0) is 6.42 Å². The fraction of sp³-hybridized carbons (Fsp3) is 0.478. The maximum atomic E-state index is 12.9. The van der Waals surface area contributed by atoms with Crippen molar-refractivity contribution in [1.29, 1.82) is 0 Å². The summed E-state index contributed by atoms with van der Waals surface area (Å²) < 4.78 is 16.1. The van der Waals surface area contributed by atoms with Crippen molar-refractivity contribution in [3.8, 4) is 17.4 Å². The first kappa shape index (κ1) is 22.5. The fourth-order valence-corrected chi connectivity index (χ4v) is 3.73. The molecular weight excluding hydrogens is 396 g/mol. The summed E-state index contributed by atoms with van der Waals surface area (Å²) in [5.41, 5.74) is 3.68. The first-order valence-electron chi connectivity index (χ1n) is 10.6. The zero-order chi connectivity index (χ0) is 22.4. The van der Waals surface area contributed by atoms with Gasteiger partial charge in [0.2, 0.25) is 5.88 Å². The van der Waals surface area contributed by atoms with Crippen LogP contribution < -0.4 is 24.4 Å². The minimum absolute atomic E-state index is 0.144. The molecule has 1 fully saturated rings. The zero-order valence-electron chi connectivity index (χ0n) is 19.0. The topological polar surface area (TPSA) is 76.2 Å². The average molecular weight is 429 g/mol. The molecule has 3 rings (SSSR count). The van der Waals surface area contributed by atoms with Crippen molar-refractivity contribution in [2.24, 2.45) is 0 Å². The lowest BCUT2D eigenvalue weighted by molar-refractivity contribution is 0.208. The molecule has 1 aromatic carbocycles. The minimum Gasteiger partial charge on any atom is -0.497 e. The summed E-state index contributed by atoms with van der Waals surface area (Å²) in [6.07, 6.45) is 1.92. The third kappa shape index (κ3) is 5.31. The van der Waals surface area contributed by atoms with E-state index in [2.05, 4.69) is 22.1 Å². The van der Waals surface area contributed by atoms with Crippen LogP contribution in [-0.4, -0.2) is 63.4 Å². The number of aromatic nitrogens is 1. The molecule has 1 aromatic heterocycles. The lowest BCUT2D eigenvalue weighted by atomic mass is 10.1. The number of pyridine rings is 1. The van der Waals surface area contributed by atoms with E-state index in [0.717, 1.165) is 41.3 Å². The number of rotatable bonds is 7. The normalized spacial score (nSPS) is 13.7. The monoisotopic (exact) mass is 428 g/mol. The van der Waals surface area contributed by atoms with Gasteiger partial charge in [-0.1, -0.05) is 13.3 Å². The first-order valence-corrected chi connectivity index (χ1v) is 10.6. The first-order chi connectivity index (χ1) is 15.0. The van der Waals surface area contributed by atoms with Crippen LogP contribution in [0.25, 0.3) is 0 Å². The molecule has 1 N–H and O–H groups in total. The molecule has 31 heavy (non-hydrogen) atoms. The van der Waals surface area contributed by atoms with Gasteiger partial charge in [0.15, 0.2) is 0 Å². The number of amides is 2. The van der Waals surface area contributed by atoms with E-state index >= 15 is 0 Å². The number of piperazine rings is 1. The van der Waals surface area contributed by atoms with Crippen molar-refractivity contribution >= 4 is 17.4 Å². The Morgan fingerprint density at radius 1 is 1.00 bits per heavy atom. The smallest absolute Gasteiger partial charge is 0.322 e. The number of hydrogen-bond donors (Lipinski definition) is 1. The second kappa shape index (κ2) is 10.2. The van der Waals surface area contributed by atoms with E-state index in [1.54, 1.807) is 21.3 Å². The van der Waals surface area contributed by atoms with Crippen LogP contribution in [0.4, 0.5) is 16.2 Å². The summed E-state index contributed by atoms with van der Waals surface area (Å²) in [6.45, 7) is 6.73. The number of nitrogens with zero attached hydrogens (tertiary/aromatic N) is 3. The highest BCUT2D eigenvalue weighted by Crippen LogP contribution is 2.30. The molecule has 168 valence electrons. The molecule has 2 heterocycles. The molecule has 0 atom stereocenters. The van der Waals surface area contributed by atoms with Crippen LogP contribution in [0.15, 0.2) is 24.3 Å². The van der Waals surface area contributed by atoms with Gasteiger partial charge in [-0.25, -0.2) is 9.78 Å². The van der Waals surface area contributed by atoms with Gasteiger partial charge in [-0.2, -0.15) is 0 Å². The Hall–Kier alpha value is -3.16. The Morgan fingerprint density at radius 2 is 1.65 bits per heavy atom. The molecule has 1 saturated heterocycles. The van der Waals surface area contributed by atoms with Gasteiger partial charge in [0, 0.05) is 55.8 Å². The van der Waals surface area contributed by atoms with Crippen molar-refractivity contribution in [2.45, 2.75) is 26.7 Å². The van der Waals surface area contributed by atoms with E-state index in [1.165, 1.54) is 0 Å². The number of benzene rings is 1. The Morgan fingerprint density at radius 3 is 2.19 bits per heavy atom. The van der Waals surface area contributed by atoms with Crippen LogP contribution in [0.2, 0.25) is 0 Å². The largest absolute Gasteiger partial charge is 0.497 e. The molecule has 0 saturated carbocycles. The number of carbonyl (C=O) groups is 1. The number of methoxy groups -OCH3 is 3. The Labute approximate surface area is 184 Å². The molecule has 1 aliphatic heterocycles. The van der Waals surface area contributed by atoms with Crippen LogP contribution in [0.1, 0.15) is 24.6 Å². The maximum absolute atomic E-state index is 12.9. The summed E-state index contributed by atoms with van der Waals surface area (Å²) in [5.74, 6) is 1.93. The molecule has 0 bridgehead atoms. The van der Waals surface area contributed by atoms with E-state index in [1.807, 2.05) is 36.1 Å².